The lowest BCUT2D eigenvalue weighted by Gasteiger charge is -2.40. The van der Waals surface area contributed by atoms with Gasteiger partial charge in [-0.2, -0.15) is 0 Å². The van der Waals surface area contributed by atoms with Crippen molar-refractivity contribution in [3.05, 3.63) is 162 Å². The van der Waals surface area contributed by atoms with Gasteiger partial charge in [0.25, 0.3) is 0 Å². The number of aromatic nitrogens is 1. The lowest BCUT2D eigenvalue weighted by atomic mass is 9.65. The van der Waals surface area contributed by atoms with Gasteiger partial charge in [0.15, 0.2) is 5.66 Å². The summed E-state index contributed by atoms with van der Waals surface area (Å²) in [7, 11) is 0. The highest BCUT2D eigenvalue weighted by Crippen LogP contribution is 2.44. The number of benzene rings is 4. The number of amidine groups is 2. The first-order chi connectivity index (χ1) is 22.4. The van der Waals surface area contributed by atoms with Gasteiger partial charge in [0.2, 0.25) is 0 Å². The minimum atomic E-state index is -0.751. The topological polar surface area (TPSA) is 49.6 Å². The van der Waals surface area contributed by atoms with Crippen molar-refractivity contribution < 1.29 is 0 Å². The van der Waals surface area contributed by atoms with Gasteiger partial charge in [0, 0.05) is 34.5 Å². The predicted molar refractivity (Wildman–Crippen MR) is 190 cm³/mol. The van der Waals surface area contributed by atoms with Gasteiger partial charge in [-0.3, -0.25) is 4.98 Å². The highest BCUT2D eigenvalue weighted by atomic mass is 15.2. The average Bonchev–Trinajstić information content (AvgIpc) is 3.13. The Labute approximate surface area is 273 Å². The zero-order valence-corrected chi connectivity index (χ0v) is 27.0. The van der Waals surface area contributed by atoms with Crippen molar-refractivity contribution in [2.45, 2.75) is 63.5 Å². The van der Waals surface area contributed by atoms with E-state index in [0.29, 0.717) is 11.8 Å². The molecule has 7 rings (SSSR count). The highest BCUT2D eigenvalue weighted by Gasteiger charge is 2.36. The Morgan fingerprint density at radius 2 is 1.11 bits per heavy atom. The molecule has 46 heavy (non-hydrogen) atoms. The molecule has 1 saturated carbocycles. The molecule has 230 valence electrons. The van der Waals surface area contributed by atoms with Crippen molar-refractivity contribution in [1.82, 2.24) is 10.3 Å². The van der Waals surface area contributed by atoms with Crippen molar-refractivity contribution in [2.24, 2.45) is 15.9 Å². The van der Waals surface area contributed by atoms with E-state index < -0.39 is 5.66 Å². The molecule has 0 bridgehead atoms. The van der Waals surface area contributed by atoms with Gasteiger partial charge in [-0.25, -0.2) is 9.98 Å². The van der Waals surface area contributed by atoms with Crippen LogP contribution in [0.1, 0.15) is 80.3 Å². The van der Waals surface area contributed by atoms with Crippen LogP contribution in [-0.2, 0) is 11.1 Å². The molecule has 0 saturated heterocycles. The van der Waals surface area contributed by atoms with Gasteiger partial charge in [-0.05, 0) is 72.8 Å². The Balaban J connectivity index is 1.14. The average molecular weight is 603 g/mol. The van der Waals surface area contributed by atoms with Gasteiger partial charge in [-0.1, -0.05) is 129 Å². The Kier molecular flexibility index (Phi) is 8.12. The number of nitrogens with one attached hydrogen (secondary N) is 1. The fraction of sp³-hybridized carbons (Fsp3) is 0.262. The summed E-state index contributed by atoms with van der Waals surface area (Å²) < 4.78 is 0. The van der Waals surface area contributed by atoms with Crippen LogP contribution in [0, 0.1) is 5.92 Å². The molecule has 1 fully saturated rings. The van der Waals surface area contributed by atoms with Crippen LogP contribution in [0.15, 0.2) is 144 Å². The van der Waals surface area contributed by atoms with Crippen molar-refractivity contribution in [3.63, 3.8) is 0 Å². The standard InChI is InChI=1S/C42H42N4/c1-41(2,35-25-21-32(22-26-35)38-16-10-11-29-43-38)36-27-23-34(24-28-36)40-44-39(45-42(3,46-40)37-14-8-5-9-15-37)33-19-17-31(18-20-33)30-12-6-4-7-13-30/h4-20,23-24,27-29,32,35H,21-22,25-26H2,1-3H3,(H,44,45,46). The maximum Gasteiger partial charge on any atom is 0.177 e. The van der Waals surface area contributed by atoms with Crippen molar-refractivity contribution in [2.75, 3.05) is 0 Å². The van der Waals surface area contributed by atoms with E-state index in [-0.39, 0.29) is 5.41 Å². The molecular formula is C42H42N4. The summed E-state index contributed by atoms with van der Waals surface area (Å²) in [5.41, 5.74) is 7.51. The van der Waals surface area contributed by atoms with E-state index in [1.54, 1.807) is 0 Å². The summed E-state index contributed by atoms with van der Waals surface area (Å²) >= 11 is 0. The van der Waals surface area contributed by atoms with Gasteiger partial charge in [0.1, 0.15) is 11.7 Å². The van der Waals surface area contributed by atoms with E-state index in [4.69, 9.17) is 9.98 Å². The Morgan fingerprint density at radius 3 is 1.70 bits per heavy atom. The maximum absolute atomic E-state index is 5.23. The van der Waals surface area contributed by atoms with Crippen LogP contribution in [0.25, 0.3) is 11.1 Å². The first kappa shape index (κ1) is 29.9. The summed E-state index contributed by atoms with van der Waals surface area (Å²) in [5.74, 6) is 2.88. The third-order valence-electron chi connectivity index (χ3n) is 10.2. The summed E-state index contributed by atoms with van der Waals surface area (Å²) in [5, 5.41) is 3.61. The predicted octanol–water partition coefficient (Wildman–Crippen LogP) is 9.67. The molecule has 1 aliphatic carbocycles. The van der Waals surface area contributed by atoms with E-state index in [1.165, 1.54) is 48.1 Å². The van der Waals surface area contributed by atoms with E-state index >= 15 is 0 Å². The Bertz CT molecular complexity index is 1820. The zero-order valence-electron chi connectivity index (χ0n) is 27.0. The molecule has 2 heterocycles. The largest absolute Gasteiger partial charge is 0.324 e. The lowest BCUT2D eigenvalue weighted by Crippen LogP contribution is -2.40. The second-order valence-electron chi connectivity index (χ2n) is 13.5. The molecule has 1 aromatic heterocycles. The molecule has 4 nitrogen and oxygen atoms in total. The van der Waals surface area contributed by atoms with E-state index in [2.05, 4.69) is 140 Å². The van der Waals surface area contributed by atoms with Gasteiger partial charge < -0.3 is 5.32 Å². The van der Waals surface area contributed by atoms with Crippen LogP contribution in [0.2, 0.25) is 0 Å². The number of rotatable bonds is 7. The highest BCUT2D eigenvalue weighted by molar-refractivity contribution is 6.16. The molecule has 4 aromatic carbocycles. The van der Waals surface area contributed by atoms with E-state index in [0.717, 1.165) is 28.4 Å². The Hall–Kier alpha value is -4.83. The molecule has 4 heteroatoms. The fourth-order valence-electron chi connectivity index (χ4n) is 7.26. The SMILES string of the molecule is CC1(c2ccccc2)N=C(c2ccc(-c3ccccc3)cc2)NC(c2ccc(C(C)(C)C3CCC(c4ccccn4)CC3)cc2)=N1. The van der Waals surface area contributed by atoms with Crippen LogP contribution in [0.4, 0.5) is 0 Å². The quantitative estimate of drug-likeness (QED) is 0.202. The number of pyridine rings is 1. The van der Waals surface area contributed by atoms with Gasteiger partial charge in [0.05, 0.1) is 0 Å². The Morgan fingerprint density at radius 1 is 0.587 bits per heavy atom. The second kappa shape index (κ2) is 12.5. The van der Waals surface area contributed by atoms with Crippen LogP contribution in [0.3, 0.4) is 0 Å². The molecule has 1 aliphatic heterocycles. The number of nitrogens with zero attached hydrogens (tertiary/aromatic N) is 3. The molecule has 1 atom stereocenters. The number of hydrogen-bond donors (Lipinski definition) is 1. The molecule has 0 spiro atoms. The van der Waals surface area contributed by atoms with Crippen LogP contribution < -0.4 is 5.32 Å². The third-order valence-corrected chi connectivity index (χ3v) is 10.2. The van der Waals surface area contributed by atoms with E-state index in [1.807, 2.05) is 24.4 Å². The first-order valence-corrected chi connectivity index (χ1v) is 16.6. The second-order valence-corrected chi connectivity index (χ2v) is 13.5. The number of hydrogen-bond acceptors (Lipinski definition) is 4. The summed E-state index contributed by atoms with van der Waals surface area (Å²) in [6.45, 7) is 6.93. The molecule has 0 amide bonds. The fourth-order valence-corrected chi connectivity index (χ4v) is 7.26. The number of aliphatic imine (C=N–C) groups is 2. The molecule has 0 radical (unpaired) electrons. The third kappa shape index (κ3) is 6.04. The molecular weight excluding hydrogens is 560 g/mol. The molecule has 1 unspecified atom stereocenters. The minimum Gasteiger partial charge on any atom is -0.324 e. The van der Waals surface area contributed by atoms with Gasteiger partial charge >= 0.3 is 0 Å². The summed E-state index contributed by atoms with van der Waals surface area (Å²) in [6.07, 6.45) is 6.79. The van der Waals surface area contributed by atoms with Gasteiger partial charge in [-0.15, -0.1) is 0 Å². The smallest absolute Gasteiger partial charge is 0.177 e. The lowest BCUT2D eigenvalue weighted by molar-refractivity contribution is 0.219. The zero-order chi connectivity index (χ0) is 31.6. The molecule has 5 aromatic rings. The molecule has 2 aliphatic rings. The normalized spacial score (nSPS) is 21.5. The van der Waals surface area contributed by atoms with Crippen molar-refractivity contribution in [3.8, 4) is 11.1 Å². The van der Waals surface area contributed by atoms with Crippen molar-refractivity contribution in [1.29, 1.82) is 0 Å². The van der Waals surface area contributed by atoms with E-state index in [9.17, 15) is 0 Å². The summed E-state index contributed by atoms with van der Waals surface area (Å²) in [4.78, 5) is 15.1. The van der Waals surface area contributed by atoms with Crippen LogP contribution in [0.5, 0.6) is 0 Å². The van der Waals surface area contributed by atoms with Crippen molar-refractivity contribution >= 4 is 11.7 Å². The van der Waals surface area contributed by atoms with Crippen LogP contribution in [-0.4, -0.2) is 16.7 Å². The monoisotopic (exact) mass is 602 g/mol. The molecule has 1 N–H and O–H groups in total. The van der Waals surface area contributed by atoms with Crippen LogP contribution >= 0.6 is 0 Å². The summed E-state index contributed by atoms with van der Waals surface area (Å²) in [6, 6.07) is 44.9. The minimum absolute atomic E-state index is 0.0844. The first-order valence-electron chi connectivity index (χ1n) is 16.6. The maximum atomic E-state index is 5.23.